The molecule has 0 bridgehead atoms. The number of methoxy groups -OCH3 is 1. The molecule has 9 heteroatoms. The van der Waals surface area contributed by atoms with Crippen LogP contribution in [0.1, 0.15) is 12.0 Å². The molecule has 35 heavy (non-hydrogen) atoms. The van der Waals surface area contributed by atoms with Gasteiger partial charge in [0.1, 0.15) is 18.1 Å². The molecule has 0 aliphatic carbocycles. The number of benzene rings is 3. The van der Waals surface area contributed by atoms with Gasteiger partial charge >= 0.3 is 0 Å². The molecule has 0 aromatic heterocycles. The second-order valence-corrected chi connectivity index (χ2v) is 10.1. The maximum Gasteiger partial charge on any atom is 0.264 e. The van der Waals surface area contributed by atoms with E-state index in [1.54, 1.807) is 0 Å². The predicted molar refractivity (Wildman–Crippen MR) is 134 cm³/mol. The van der Waals surface area contributed by atoms with Crippen molar-refractivity contribution in [2.45, 2.75) is 17.7 Å². The molecule has 184 valence electrons. The van der Waals surface area contributed by atoms with Gasteiger partial charge in [0.15, 0.2) is 0 Å². The molecule has 0 atom stereocenters. The van der Waals surface area contributed by atoms with E-state index < -0.39 is 28.3 Å². The van der Waals surface area contributed by atoms with Crippen molar-refractivity contribution in [1.29, 1.82) is 0 Å². The number of ether oxygens (including phenoxy) is 1. The zero-order valence-corrected chi connectivity index (χ0v) is 20.3. The van der Waals surface area contributed by atoms with Crippen LogP contribution in [0.5, 0.6) is 5.75 Å². The average molecular weight is 498 g/mol. The summed E-state index contributed by atoms with van der Waals surface area (Å²) in [7, 11) is -2.59. The molecule has 4 rings (SSSR count). The molecular weight excluding hydrogens is 469 g/mol. The van der Waals surface area contributed by atoms with Crippen molar-refractivity contribution in [3.8, 4) is 5.75 Å². The highest BCUT2D eigenvalue weighted by atomic mass is 32.2. The number of rotatable bonds is 10. The van der Waals surface area contributed by atoms with Crippen LogP contribution in [0.15, 0.2) is 77.7 Å². The molecule has 0 unspecified atom stereocenters. The minimum atomic E-state index is -4.08. The van der Waals surface area contributed by atoms with E-state index in [9.17, 15) is 17.6 Å². The van der Waals surface area contributed by atoms with Crippen LogP contribution >= 0.6 is 0 Å². The van der Waals surface area contributed by atoms with Gasteiger partial charge in [-0.2, -0.15) is 0 Å². The summed E-state index contributed by atoms with van der Waals surface area (Å²) in [5.74, 6) is -0.424. The molecule has 0 saturated heterocycles. The van der Waals surface area contributed by atoms with Crippen molar-refractivity contribution >= 4 is 27.3 Å². The Hall–Kier alpha value is -3.59. The summed E-state index contributed by atoms with van der Waals surface area (Å²) in [5.41, 5.74) is 2.76. The summed E-state index contributed by atoms with van der Waals surface area (Å²) in [4.78, 5) is 15.0. The number of nitrogens with zero attached hydrogens (tertiary/aromatic N) is 2. The third-order valence-corrected chi connectivity index (χ3v) is 7.75. The Morgan fingerprint density at radius 2 is 1.77 bits per heavy atom. The van der Waals surface area contributed by atoms with E-state index in [1.807, 2.05) is 12.1 Å². The Morgan fingerprint density at radius 3 is 2.49 bits per heavy atom. The van der Waals surface area contributed by atoms with Crippen LogP contribution in [0.25, 0.3) is 0 Å². The molecular formula is C26H28FN3O4S. The van der Waals surface area contributed by atoms with Crippen LogP contribution in [0.4, 0.5) is 15.8 Å². The number of amides is 1. The normalized spacial score (nSPS) is 12.8. The first kappa shape index (κ1) is 24.5. The van der Waals surface area contributed by atoms with Gasteiger partial charge in [0.05, 0.1) is 17.7 Å². The lowest BCUT2D eigenvalue weighted by molar-refractivity contribution is -0.119. The number of nitrogens with one attached hydrogen (secondary N) is 1. The molecule has 0 spiro atoms. The average Bonchev–Trinajstić information content (AvgIpc) is 3.29. The second-order valence-electron chi connectivity index (χ2n) is 8.23. The molecule has 3 aromatic rings. The molecule has 1 N–H and O–H groups in total. The molecule has 1 aliphatic rings. The van der Waals surface area contributed by atoms with Crippen molar-refractivity contribution in [2.24, 2.45) is 0 Å². The van der Waals surface area contributed by atoms with E-state index in [-0.39, 0.29) is 10.6 Å². The number of fused-ring (bicyclic) bond motifs is 1. The van der Waals surface area contributed by atoms with Gasteiger partial charge in [0, 0.05) is 25.3 Å². The Balaban J connectivity index is 1.41. The number of carbonyl (C=O) groups is 1. The molecule has 1 heterocycles. The van der Waals surface area contributed by atoms with Crippen LogP contribution in [0.3, 0.4) is 0 Å². The van der Waals surface area contributed by atoms with Crippen molar-refractivity contribution < 1.29 is 22.3 Å². The SMILES string of the molecule is COc1ccc(S(=O)(=O)N(CC(=O)NCCCN2CCc3ccccc32)c2ccc(F)cc2)cc1. The van der Waals surface area contributed by atoms with Gasteiger partial charge in [-0.3, -0.25) is 9.10 Å². The van der Waals surface area contributed by atoms with E-state index >= 15 is 0 Å². The summed E-state index contributed by atoms with van der Waals surface area (Å²) >= 11 is 0. The van der Waals surface area contributed by atoms with Crippen LogP contribution in [0.2, 0.25) is 0 Å². The molecule has 1 amide bonds. The van der Waals surface area contributed by atoms with Crippen molar-refractivity contribution in [2.75, 3.05) is 42.5 Å². The zero-order valence-electron chi connectivity index (χ0n) is 19.5. The molecule has 7 nitrogen and oxygen atoms in total. The van der Waals surface area contributed by atoms with Gasteiger partial charge in [-0.25, -0.2) is 12.8 Å². The number of para-hydroxylation sites is 1. The lowest BCUT2D eigenvalue weighted by Crippen LogP contribution is -2.41. The molecule has 0 saturated carbocycles. The Labute approximate surface area is 205 Å². The first-order chi connectivity index (χ1) is 16.9. The highest BCUT2D eigenvalue weighted by Gasteiger charge is 2.27. The number of sulfonamides is 1. The third kappa shape index (κ3) is 5.74. The number of hydrogen-bond donors (Lipinski definition) is 1. The number of carbonyl (C=O) groups excluding carboxylic acids is 1. The quantitative estimate of drug-likeness (QED) is 0.433. The first-order valence-electron chi connectivity index (χ1n) is 11.4. The number of anilines is 2. The van der Waals surface area contributed by atoms with Crippen LogP contribution in [0, 0.1) is 5.82 Å². The fourth-order valence-corrected chi connectivity index (χ4v) is 5.54. The molecule has 1 aliphatic heterocycles. The van der Waals surface area contributed by atoms with Crippen LogP contribution < -0.4 is 19.3 Å². The maximum atomic E-state index is 13.5. The lowest BCUT2D eigenvalue weighted by Gasteiger charge is -2.24. The minimum Gasteiger partial charge on any atom is -0.497 e. The van der Waals surface area contributed by atoms with E-state index in [4.69, 9.17) is 4.74 Å². The fraction of sp³-hybridized carbons (Fsp3) is 0.269. The zero-order chi connectivity index (χ0) is 24.8. The maximum absolute atomic E-state index is 13.5. The minimum absolute atomic E-state index is 0.00289. The fourth-order valence-electron chi connectivity index (χ4n) is 4.12. The molecule has 0 fully saturated rings. The monoisotopic (exact) mass is 497 g/mol. The smallest absolute Gasteiger partial charge is 0.264 e. The van der Waals surface area contributed by atoms with Gasteiger partial charge in [0.25, 0.3) is 10.0 Å². The van der Waals surface area contributed by atoms with Gasteiger partial charge in [-0.15, -0.1) is 0 Å². The van der Waals surface area contributed by atoms with Crippen LogP contribution in [-0.2, 0) is 21.2 Å². The van der Waals surface area contributed by atoms with Crippen LogP contribution in [-0.4, -0.2) is 47.6 Å². The molecule has 3 aromatic carbocycles. The topological polar surface area (TPSA) is 79.0 Å². The van der Waals surface area contributed by atoms with Gasteiger partial charge < -0.3 is 15.0 Å². The number of halogens is 1. The van der Waals surface area contributed by atoms with E-state index in [0.29, 0.717) is 12.3 Å². The van der Waals surface area contributed by atoms with Crippen molar-refractivity contribution in [1.82, 2.24) is 5.32 Å². The van der Waals surface area contributed by atoms with E-state index in [1.165, 1.54) is 54.8 Å². The standard InChI is InChI=1S/C26H28FN3O4S/c1-34-23-11-13-24(14-12-23)35(32,33)30(22-9-7-21(27)8-10-22)19-26(31)28-16-4-17-29-18-15-20-5-2-3-6-25(20)29/h2-3,5-14H,4,15-19H2,1H3,(H,28,31). The second kappa shape index (κ2) is 10.8. The van der Waals surface area contributed by atoms with Gasteiger partial charge in [-0.05, 0) is 73.0 Å². The van der Waals surface area contributed by atoms with Gasteiger partial charge in [-0.1, -0.05) is 18.2 Å². The summed E-state index contributed by atoms with van der Waals surface area (Å²) < 4.78 is 46.3. The first-order valence-corrected chi connectivity index (χ1v) is 12.8. The Bertz CT molecular complexity index is 1260. The highest BCUT2D eigenvalue weighted by Crippen LogP contribution is 2.27. The van der Waals surface area contributed by atoms with E-state index in [0.717, 1.165) is 42.4 Å². The van der Waals surface area contributed by atoms with E-state index in [2.05, 4.69) is 22.3 Å². The summed E-state index contributed by atoms with van der Waals surface area (Å²) in [6.07, 6.45) is 1.74. The molecule has 0 radical (unpaired) electrons. The summed E-state index contributed by atoms with van der Waals surface area (Å²) in [6.45, 7) is 1.73. The largest absolute Gasteiger partial charge is 0.497 e. The van der Waals surface area contributed by atoms with Gasteiger partial charge in [0.2, 0.25) is 5.91 Å². The highest BCUT2D eigenvalue weighted by molar-refractivity contribution is 7.92. The number of hydrogen-bond acceptors (Lipinski definition) is 5. The summed E-state index contributed by atoms with van der Waals surface area (Å²) in [5, 5.41) is 2.82. The Morgan fingerprint density at radius 1 is 1.06 bits per heavy atom. The van der Waals surface area contributed by atoms with Crippen molar-refractivity contribution in [3.63, 3.8) is 0 Å². The van der Waals surface area contributed by atoms with Crippen molar-refractivity contribution in [3.05, 3.63) is 84.2 Å². The lowest BCUT2D eigenvalue weighted by atomic mass is 10.2. The predicted octanol–water partition coefficient (Wildman–Crippen LogP) is 3.60. The third-order valence-electron chi connectivity index (χ3n) is 5.96. The summed E-state index contributed by atoms with van der Waals surface area (Å²) in [6, 6.07) is 19.2. The Kier molecular flexibility index (Phi) is 7.55.